The zero-order valence-corrected chi connectivity index (χ0v) is 8.91. The molecule has 0 fully saturated rings. The summed E-state index contributed by atoms with van der Waals surface area (Å²) >= 11 is 0. The van der Waals surface area contributed by atoms with E-state index in [2.05, 4.69) is 4.74 Å². The minimum atomic E-state index is -0.356. The second-order valence-corrected chi connectivity index (χ2v) is 3.43. The molecular weight excluding hydrogens is 190 g/mol. The van der Waals surface area contributed by atoms with E-state index in [1.165, 1.54) is 0 Å². The van der Waals surface area contributed by atoms with Crippen molar-refractivity contribution in [1.29, 1.82) is 5.26 Å². The predicted octanol–water partition coefficient (Wildman–Crippen LogP) is 1.91. The molecule has 1 rings (SSSR count). The van der Waals surface area contributed by atoms with Gasteiger partial charge in [-0.05, 0) is 25.0 Å². The van der Waals surface area contributed by atoms with Gasteiger partial charge in [0.1, 0.15) is 6.07 Å². The van der Waals surface area contributed by atoms with E-state index >= 15 is 0 Å². The molecule has 0 N–H and O–H groups in total. The number of benzene rings is 1. The molecule has 15 heavy (non-hydrogen) atoms. The van der Waals surface area contributed by atoms with Gasteiger partial charge in [-0.1, -0.05) is 23.8 Å². The molecule has 0 aliphatic carbocycles. The number of nitrogens with zero attached hydrogens (tertiary/aromatic N) is 1. The second kappa shape index (κ2) is 5.16. The number of aryl methyl sites for hydroxylation is 2. The Morgan fingerprint density at radius 1 is 1.47 bits per heavy atom. The maximum atomic E-state index is 11.3. The predicted molar refractivity (Wildman–Crippen MR) is 56.2 cm³/mol. The smallest absolute Gasteiger partial charge is 0.311 e. The summed E-state index contributed by atoms with van der Waals surface area (Å²) in [6.45, 7) is 3.75. The van der Waals surface area contributed by atoms with Crippen LogP contribution in [0.15, 0.2) is 18.2 Å². The molecule has 3 heteroatoms. The number of carbonyl (C=O) groups excluding carboxylic acids is 1. The van der Waals surface area contributed by atoms with Crippen LogP contribution in [0.4, 0.5) is 0 Å². The van der Waals surface area contributed by atoms with E-state index in [0.29, 0.717) is 0 Å². The number of hydrogen-bond acceptors (Lipinski definition) is 3. The van der Waals surface area contributed by atoms with Crippen LogP contribution in [0.25, 0.3) is 0 Å². The van der Waals surface area contributed by atoms with Crippen molar-refractivity contribution in [2.75, 3.05) is 6.61 Å². The molecule has 1 aromatic rings. The van der Waals surface area contributed by atoms with Crippen LogP contribution in [0.3, 0.4) is 0 Å². The van der Waals surface area contributed by atoms with E-state index in [0.717, 1.165) is 16.7 Å². The monoisotopic (exact) mass is 203 g/mol. The lowest BCUT2D eigenvalue weighted by atomic mass is 10.0. The molecule has 0 aliphatic rings. The van der Waals surface area contributed by atoms with Crippen LogP contribution in [0.1, 0.15) is 16.7 Å². The molecule has 3 nitrogen and oxygen atoms in total. The van der Waals surface area contributed by atoms with Crippen molar-refractivity contribution < 1.29 is 9.53 Å². The Morgan fingerprint density at radius 2 is 2.20 bits per heavy atom. The highest BCUT2D eigenvalue weighted by molar-refractivity contribution is 5.73. The molecular formula is C12H13NO2. The average molecular weight is 203 g/mol. The van der Waals surface area contributed by atoms with Crippen LogP contribution < -0.4 is 0 Å². The Balaban J connectivity index is 2.68. The standard InChI is InChI=1S/C12H13NO2/c1-9-3-4-10(2)11(7-9)8-12(14)15-6-5-13/h3-4,7H,6,8H2,1-2H3. The van der Waals surface area contributed by atoms with Crippen LogP contribution in [-0.4, -0.2) is 12.6 Å². The minimum absolute atomic E-state index is 0.177. The molecule has 0 radical (unpaired) electrons. The SMILES string of the molecule is Cc1ccc(C)c(CC(=O)OCC#N)c1. The second-order valence-electron chi connectivity index (χ2n) is 3.43. The molecule has 0 saturated carbocycles. The number of ether oxygens (including phenoxy) is 1. The van der Waals surface area contributed by atoms with Crippen LogP contribution in [0, 0.1) is 25.2 Å². The first-order valence-corrected chi connectivity index (χ1v) is 4.72. The molecule has 0 heterocycles. The molecule has 0 spiro atoms. The first-order valence-electron chi connectivity index (χ1n) is 4.72. The van der Waals surface area contributed by atoms with Crippen LogP contribution in [0.5, 0.6) is 0 Å². The third-order valence-electron chi connectivity index (χ3n) is 2.14. The molecule has 0 aromatic heterocycles. The normalized spacial score (nSPS) is 9.40. The van der Waals surface area contributed by atoms with Gasteiger partial charge in [0.05, 0.1) is 6.42 Å². The largest absolute Gasteiger partial charge is 0.450 e. The van der Waals surface area contributed by atoms with Gasteiger partial charge in [0.2, 0.25) is 0 Å². The average Bonchev–Trinajstić information content (AvgIpc) is 2.20. The van der Waals surface area contributed by atoms with E-state index in [-0.39, 0.29) is 19.0 Å². The number of rotatable bonds is 3. The topological polar surface area (TPSA) is 50.1 Å². The molecule has 1 aromatic carbocycles. The summed E-state index contributed by atoms with van der Waals surface area (Å²) in [6, 6.07) is 7.70. The first-order chi connectivity index (χ1) is 7.13. The van der Waals surface area contributed by atoms with E-state index in [9.17, 15) is 4.79 Å². The van der Waals surface area contributed by atoms with Gasteiger partial charge in [-0.25, -0.2) is 0 Å². The van der Waals surface area contributed by atoms with Gasteiger partial charge in [0, 0.05) is 0 Å². The highest BCUT2D eigenvalue weighted by Gasteiger charge is 2.06. The van der Waals surface area contributed by atoms with Crippen molar-refractivity contribution in [1.82, 2.24) is 0 Å². The molecule has 0 aliphatic heterocycles. The summed E-state index contributed by atoms with van der Waals surface area (Å²) in [4.78, 5) is 11.3. The third kappa shape index (κ3) is 3.43. The van der Waals surface area contributed by atoms with Crippen molar-refractivity contribution in [2.24, 2.45) is 0 Å². The highest BCUT2D eigenvalue weighted by Crippen LogP contribution is 2.11. The summed E-state index contributed by atoms with van der Waals surface area (Å²) in [7, 11) is 0. The number of nitriles is 1. The van der Waals surface area contributed by atoms with Gasteiger partial charge in [0.15, 0.2) is 6.61 Å². The Labute approximate surface area is 89.3 Å². The van der Waals surface area contributed by atoms with Crippen molar-refractivity contribution >= 4 is 5.97 Å². The number of carbonyl (C=O) groups is 1. The van der Waals surface area contributed by atoms with Crippen LogP contribution in [-0.2, 0) is 16.0 Å². The van der Waals surface area contributed by atoms with Gasteiger partial charge >= 0.3 is 5.97 Å². The molecule has 0 atom stereocenters. The number of esters is 1. The van der Waals surface area contributed by atoms with Crippen molar-refractivity contribution in [3.8, 4) is 6.07 Å². The quantitative estimate of drug-likeness (QED) is 0.705. The lowest BCUT2D eigenvalue weighted by molar-refractivity contribution is -0.141. The van der Waals surface area contributed by atoms with Gasteiger partial charge in [-0.3, -0.25) is 4.79 Å². The van der Waals surface area contributed by atoms with Crippen molar-refractivity contribution in [3.63, 3.8) is 0 Å². The summed E-state index contributed by atoms with van der Waals surface area (Å²) in [5.41, 5.74) is 3.14. The van der Waals surface area contributed by atoms with Gasteiger partial charge in [0.25, 0.3) is 0 Å². The fraction of sp³-hybridized carbons (Fsp3) is 0.333. The maximum absolute atomic E-state index is 11.3. The van der Waals surface area contributed by atoms with Crippen molar-refractivity contribution in [2.45, 2.75) is 20.3 Å². The summed E-state index contributed by atoms with van der Waals surface area (Å²) in [5, 5.41) is 8.25. The number of hydrogen-bond donors (Lipinski definition) is 0. The van der Waals surface area contributed by atoms with E-state index in [1.807, 2.05) is 32.0 Å². The lowest BCUT2D eigenvalue weighted by Crippen LogP contribution is -2.09. The zero-order valence-electron chi connectivity index (χ0n) is 8.91. The van der Waals surface area contributed by atoms with Gasteiger partial charge < -0.3 is 4.74 Å². The van der Waals surface area contributed by atoms with E-state index in [1.54, 1.807) is 6.07 Å². The Kier molecular flexibility index (Phi) is 3.87. The Morgan fingerprint density at radius 3 is 2.87 bits per heavy atom. The van der Waals surface area contributed by atoms with Crippen molar-refractivity contribution in [3.05, 3.63) is 34.9 Å². The van der Waals surface area contributed by atoms with E-state index in [4.69, 9.17) is 5.26 Å². The molecule has 0 unspecified atom stereocenters. The zero-order chi connectivity index (χ0) is 11.3. The molecule has 78 valence electrons. The lowest BCUT2D eigenvalue weighted by Gasteiger charge is -2.05. The van der Waals surface area contributed by atoms with Gasteiger partial charge in [-0.2, -0.15) is 5.26 Å². The Bertz CT molecular complexity index is 405. The first kappa shape index (κ1) is 11.3. The fourth-order valence-corrected chi connectivity index (χ4v) is 1.31. The molecule has 0 bridgehead atoms. The Hall–Kier alpha value is -1.82. The molecule has 0 saturated heterocycles. The highest BCUT2D eigenvalue weighted by atomic mass is 16.5. The molecule has 0 amide bonds. The third-order valence-corrected chi connectivity index (χ3v) is 2.14. The summed E-state index contributed by atoms with van der Waals surface area (Å²) in [6.07, 6.45) is 0.231. The summed E-state index contributed by atoms with van der Waals surface area (Å²) in [5.74, 6) is -0.356. The van der Waals surface area contributed by atoms with Gasteiger partial charge in [-0.15, -0.1) is 0 Å². The fourth-order valence-electron chi connectivity index (χ4n) is 1.31. The van der Waals surface area contributed by atoms with E-state index < -0.39 is 0 Å². The minimum Gasteiger partial charge on any atom is -0.450 e. The maximum Gasteiger partial charge on any atom is 0.311 e. The summed E-state index contributed by atoms with van der Waals surface area (Å²) < 4.78 is 4.69. The van der Waals surface area contributed by atoms with Crippen LogP contribution >= 0.6 is 0 Å². The van der Waals surface area contributed by atoms with Crippen LogP contribution in [0.2, 0.25) is 0 Å².